The van der Waals surface area contributed by atoms with Gasteiger partial charge in [-0.2, -0.15) is 0 Å². The number of hydrogen-bond donors (Lipinski definition) is 0. The molecule has 0 fully saturated rings. The largest absolute Gasteiger partial charge is 0.294 e. The van der Waals surface area contributed by atoms with Crippen molar-refractivity contribution in [1.29, 1.82) is 0 Å². The Morgan fingerprint density at radius 1 is 1.28 bits per heavy atom. The Hall–Kier alpha value is -0.830. The summed E-state index contributed by atoms with van der Waals surface area (Å²) in [6, 6.07) is 13.5. The first-order valence-corrected chi connectivity index (χ1v) is 7.46. The van der Waals surface area contributed by atoms with E-state index in [-0.39, 0.29) is 0 Å². The number of nitrogens with zero attached hydrogens (tertiary/aromatic N) is 1. The number of benzene rings is 1. The molecule has 0 aliphatic heterocycles. The molecule has 3 heteroatoms. The van der Waals surface area contributed by atoms with Gasteiger partial charge in [-0.05, 0) is 43.1 Å². The highest BCUT2D eigenvalue weighted by Gasteiger charge is 2.25. The smallest absolute Gasteiger partial charge is 0.0931 e. The number of thiophene rings is 1. The van der Waals surface area contributed by atoms with Crippen molar-refractivity contribution in [2.24, 2.45) is 0 Å². The van der Waals surface area contributed by atoms with Crippen LogP contribution in [0, 0.1) is 0 Å². The predicted molar refractivity (Wildman–Crippen MR) is 78.3 cm³/mol. The second-order valence-corrected chi connectivity index (χ2v) is 6.67. The highest BCUT2D eigenvalue weighted by molar-refractivity contribution is 7.16. The van der Waals surface area contributed by atoms with E-state index in [1.807, 2.05) is 6.07 Å². The van der Waals surface area contributed by atoms with Crippen LogP contribution in [0.15, 0.2) is 36.4 Å². The summed E-state index contributed by atoms with van der Waals surface area (Å²) < 4.78 is 0.880. The van der Waals surface area contributed by atoms with Crippen molar-refractivity contribution in [3.63, 3.8) is 0 Å². The first-order chi connectivity index (χ1) is 8.74. The molecule has 0 spiro atoms. The minimum atomic E-state index is 0.557. The Morgan fingerprint density at radius 3 is 2.89 bits per heavy atom. The molecule has 1 heterocycles. The molecule has 0 saturated carbocycles. The molecule has 0 radical (unpaired) electrons. The predicted octanol–water partition coefficient (Wildman–Crippen LogP) is 4.52. The summed E-state index contributed by atoms with van der Waals surface area (Å²) in [5, 5.41) is 0. The lowest BCUT2D eigenvalue weighted by Gasteiger charge is -2.24. The van der Waals surface area contributed by atoms with Gasteiger partial charge < -0.3 is 0 Å². The maximum atomic E-state index is 5.98. The van der Waals surface area contributed by atoms with Crippen LogP contribution in [0.3, 0.4) is 0 Å². The summed E-state index contributed by atoms with van der Waals surface area (Å²) in [6.07, 6.45) is 2.44. The van der Waals surface area contributed by atoms with Crippen molar-refractivity contribution in [3.8, 4) is 0 Å². The zero-order valence-electron chi connectivity index (χ0n) is 10.4. The summed E-state index contributed by atoms with van der Waals surface area (Å²) in [6.45, 7) is 0.983. The van der Waals surface area contributed by atoms with Crippen LogP contribution in [0.5, 0.6) is 0 Å². The zero-order chi connectivity index (χ0) is 12.5. The van der Waals surface area contributed by atoms with E-state index in [0.717, 1.165) is 10.9 Å². The second-order valence-electron chi connectivity index (χ2n) is 4.87. The van der Waals surface area contributed by atoms with Crippen molar-refractivity contribution >= 4 is 22.9 Å². The summed E-state index contributed by atoms with van der Waals surface area (Å²) in [4.78, 5) is 3.78. The summed E-state index contributed by atoms with van der Waals surface area (Å²) in [5.74, 6) is 0. The molecule has 3 rings (SSSR count). The minimum Gasteiger partial charge on any atom is -0.294 e. The molecule has 2 aromatic rings. The van der Waals surface area contributed by atoms with E-state index in [2.05, 4.69) is 42.3 Å². The molecule has 94 valence electrons. The number of aryl methyl sites for hydroxylation is 1. The molecule has 1 aliphatic rings. The van der Waals surface area contributed by atoms with Crippen LogP contribution in [0.4, 0.5) is 0 Å². The minimum absolute atomic E-state index is 0.557. The molecule has 1 aliphatic carbocycles. The molecule has 0 bridgehead atoms. The molecular weight excluding hydrogens is 262 g/mol. The van der Waals surface area contributed by atoms with Crippen LogP contribution in [0.2, 0.25) is 4.34 Å². The van der Waals surface area contributed by atoms with Crippen molar-refractivity contribution in [2.45, 2.75) is 25.4 Å². The zero-order valence-corrected chi connectivity index (χ0v) is 12.0. The Balaban J connectivity index is 1.76. The SMILES string of the molecule is CN(Cc1ccc(Cl)s1)C1CCc2ccccc21. The number of rotatable bonds is 3. The van der Waals surface area contributed by atoms with Gasteiger partial charge in [0.1, 0.15) is 0 Å². The fourth-order valence-electron chi connectivity index (χ4n) is 2.79. The van der Waals surface area contributed by atoms with E-state index in [1.165, 1.54) is 28.8 Å². The van der Waals surface area contributed by atoms with E-state index in [1.54, 1.807) is 11.3 Å². The third-order valence-corrected chi connectivity index (χ3v) is 4.88. The number of halogens is 1. The van der Waals surface area contributed by atoms with Crippen LogP contribution in [-0.4, -0.2) is 11.9 Å². The van der Waals surface area contributed by atoms with E-state index >= 15 is 0 Å². The molecule has 0 N–H and O–H groups in total. The van der Waals surface area contributed by atoms with Gasteiger partial charge in [0.05, 0.1) is 4.34 Å². The highest BCUT2D eigenvalue weighted by Crippen LogP contribution is 2.36. The molecule has 1 aromatic heterocycles. The molecule has 0 amide bonds. The molecule has 1 nitrogen and oxygen atoms in total. The molecule has 1 atom stereocenters. The van der Waals surface area contributed by atoms with Gasteiger partial charge in [-0.25, -0.2) is 0 Å². The first kappa shape index (κ1) is 12.2. The van der Waals surface area contributed by atoms with Crippen LogP contribution in [0.25, 0.3) is 0 Å². The topological polar surface area (TPSA) is 3.24 Å². The van der Waals surface area contributed by atoms with E-state index < -0.39 is 0 Å². The van der Waals surface area contributed by atoms with Crippen molar-refractivity contribution in [1.82, 2.24) is 4.90 Å². The van der Waals surface area contributed by atoms with Gasteiger partial charge in [0.25, 0.3) is 0 Å². The van der Waals surface area contributed by atoms with Gasteiger partial charge in [-0.15, -0.1) is 11.3 Å². The van der Waals surface area contributed by atoms with Gasteiger partial charge in [-0.3, -0.25) is 4.90 Å². The monoisotopic (exact) mass is 277 g/mol. The van der Waals surface area contributed by atoms with Crippen molar-refractivity contribution in [2.75, 3.05) is 7.05 Å². The van der Waals surface area contributed by atoms with E-state index in [4.69, 9.17) is 11.6 Å². The van der Waals surface area contributed by atoms with Crippen molar-refractivity contribution in [3.05, 3.63) is 56.7 Å². The standard InChI is InChI=1S/C15H16ClNS/c1-17(10-12-7-9-15(16)18-12)14-8-6-11-4-2-3-5-13(11)14/h2-5,7,9,14H,6,8,10H2,1H3. The van der Waals surface area contributed by atoms with Crippen LogP contribution >= 0.6 is 22.9 Å². The molecule has 18 heavy (non-hydrogen) atoms. The van der Waals surface area contributed by atoms with Gasteiger partial charge in [0.15, 0.2) is 0 Å². The maximum absolute atomic E-state index is 5.98. The van der Waals surface area contributed by atoms with Crippen LogP contribution in [-0.2, 0) is 13.0 Å². The summed E-state index contributed by atoms with van der Waals surface area (Å²) in [5.41, 5.74) is 3.02. The van der Waals surface area contributed by atoms with Crippen LogP contribution in [0.1, 0.15) is 28.5 Å². The first-order valence-electron chi connectivity index (χ1n) is 6.26. The fourth-order valence-corrected chi connectivity index (χ4v) is 3.94. The van der Waals surface area contributed by atoms with Gasteiger partial charge in [0, 0.05) is 17.5 Å². The average molecular weight is 278 g/mol. The van der Waals surface area contributed by atoms with Crippen molar-refractivity contribution < 1.29 is 0 Å². The Kier molecular flexibility index (Phi) is 3.42. The van der Waals surface area contributed by atoms with Gasteiger partial charge in [0.2, 0.25) is 0 Å². The Labute approximate surface area is 117 Å². The summed E-state index contributed by atoms with van der Waals surface area (Å²) >= 11 is 7.66. The van der Waals surface area contributed by atoms with Gasteiger partial charge >= 0.3 is 0 Å². The Bertz CT molecular complexity index is 549. The molecule has 1 unspecified atom stereocenters. The lowest BCUT2D eigenvalue weighted by atomic mass is 10.1. The normalized spacial score (nSPS) is 18.3. The lowest BCUT2D eigenvalue weighted by molar-refractivity contribution is 0.238. The highest BCUT2D eigenvalue weighted by atomic mass is 35.5. The second kappa shape index (κ2) is 5.04. The Morgan fingerprint density at radius 2 is 2.11 bits per heavy atom. The quantitative estimate of drug-likeness (QED) is 0.797. The van der Waals surface area contributed by atoms with E-state index in [9.17, 15) is 0 Å². The maximum Gasteiger partial charge on any atom is 0.0931 e. The van der Waals surface area contributed by atoms with E-state index in [0.29, 0.717) is 6.04 Å². The molecule has 0 saturated heterocycles. The summed E-state index contributed by atoms with van der Waals surface area (Å²) in [7, 11) is 2.21. The van der Waals surface area contributed by atoms with Gasteiger partial charge in [-0.1, -0.05) is 35.9 Å². The molecular formula is C15H16ClNS. The fraction of sp³-hybridized carbons (Fsp3) is 0.333. The average Bonchev–Trinajstić information content (AvgIpc) is 2.95. The molecule has 1 aromatic carbocycles. The lowest BCUT2D eigenvalue weighted by Crippen LogP contribution is -2.21. The third-order valence-electron chi connectivity index (χ3n) is 3.67. The number of fused-ring (bicyclic) bond motifs is 1. The van der Waals surface area contributed by atoms with Crippen LogP contribution < -0.4 is 0 Å². The number of hydrogen-bond acceptors (Lipinski definition) is 2. The third kappa shape index (κ3) is 2.33.